The van der Waals surface area contributed by atoms with E-state index >= 15 is 0 Å². The Balaban J connectivity index is 1.52. The number of amides is 3. The number of hydrogen-bond donors (Lipinski definition) is 2. The summed E-state index contributed by atoms with van der Waals surface area (Å²) in [4.78, 5) is 35.1. The number of anilines is 1. The molecule has 10 nitrogen and oxygen atoms in total. The summed E-state index contributed by atoms with van der Waals surface area (Å²) < 4.78 is 6.84. The number of primary amides is 1. The Kier molecular flexibility index (Phi) is 6.82. The van der Waals surface area contributed by atoms with Crippen molar-refractivity contribution in [2.75, 3.05) is 4.90 Å². The highest BCUT2D eigenvalue weighted by Crippen LogP contribution is 2.28. The molecular formula is C23H27N7O3. The van der Waals surface area contributed by atoms with Crippen LogP contribution in [0.4, 0.5) is 15.4 Å². The highest BCUT2D eigenvalue weighted by molar-refractivity contribution is 5.91. The van der Waals surface area contributed by atoms with Gasteiger partial charge in [0.05, 0.1) is 24.3 Å². The Morgan fingerprint density at radius 1 is 1.12 bits per heavy atom. The zero-order valence-electron chi connectivity index (χ0n) is 18.4. The van der Waals surface area contributed by atoms with Crippen molar-refractivity contribution in [3.8, 4) is 11.3 Å². The Morgan fingerprint density at radius 3 is 2.48 bits per heavy atom. The van der Waals surface area contributed by atoms with Crippen LogP contribution in [0.3, 0.4) is 0 Å². The van der Waals surface area contributed by atoms with Crippen LogP contribution in [-0.2, 0) is 18.3 Å². The minimum Gasteiger partial charge on any atom is -0.446 e. The van der Waals surface area contributed by atoms with Gasteiger partial charge in [-0.2, -0.15) is 5.10 Å². The smallest absolute Gasteiger partial charge is 0.404 e. The van der Waals surface area contributed by atoms with Gasteiger partial charge in [-0.25, -0.2) is 14.6 Å². The molecule has 0 aliphatic heterocycles. The lowest BCUT2D eigenvalue weighted by atomic mass is 9.92. The Bertz CT molecular complexity index is 1080. The predicted molar refractivity (Wildman–Crippen MR) is 122 cm³/mol. The van der Waals surface area contributed by atoms with E-state index in [-0.39, 0.29) is 18.2 Å². The molecule has 2 aromatic heterocycles. The van der Waals surface area contributed by atoms with Crippen LogP contribution < -0.4 is 16.0 Å². The first-order chi connectivity index (χ1) is 16.0. The maximum atomic E-state index is 13.3. The maximum absolute atomic E-state index is 13.3. The molecule has 0 saturated heterocycles. The molecule has 33 heavy (non-hydrogen) atoms. The van der Waals surface area contributed by atoms with Crippen LogP contribution >= 0.6 is 0 Å². The van der Waals surface area contributed by atoms with Crippen molar-refractivity contribution in [2.45, 2.75) is 44.4 Å². The highest BCUT2D eigenvalue weighted by atomic mass is 16.6. The highest BCUT2D eigenvalue weighted by Gasteiger charge is 2.32. The third-order valence-electron chi connectivity index (χ3n) is 5.68. The van der Waals surface area contributed by atoms with Gasteiger partial charge in [0.25, 0.3) is 0 Å². The SMILES string of the molecule is Cn1cc(-c2cnc(N(C(=O)NCc3ccccc3)C3CCC(OC(N)=O)CC3)cn2)cn1. The number of ether oxygens (including phenoxy) is 1. The van der Waals surface area contributed by atoms with E-state index < -0.39 is 6.09 Å². The molecule has 0 spiro atoms. The molecule has 3 amide bonds. The third kappa shape index (κ3) is 5.65. The molecule has 10 heteroatoms. The molecule has 1 saturated carbocycles. The summed E-state index contributed by atoms with van der Waals surface area (Å²) in [6.07, 6.45) is 8.38. The first-order valence-corrected chi connectivity index (χ1v) is 10.9. The van der Waals surface area contributed by atoms with E-state index in [0.717, 1.165) is 11.1 Å². The van der Waals surface area contributed by atoms with Crippen LogP contribution in [0.15, 0.2) is 55.1 Å². The van der Waals surface area contributed by atoms with Gasteiger partial charge in [-0.15, -0.1) is 0 Å². The fraction of sp³-hybridized carbons (Fsp3) is 0.348. The van der Waals surface area contributed by atoms with E-state index in [1.165, 1.54) is 0 Å². The molecule has 1 aromatic carbocycles. The molecule has 4 rings (SSSR count). The number of aryl methyl sites for hydroxylation is 1. The van der Waals surface area contributed by atoms with E-state index in [4.69, 9.17) is 10.5 Å². The normalized spacial score (nSPS) is 17.8. The molecule has 1 aliphatic carbocycles. The predicted octanol–water partition coefficient (Wildman–Crippen LogP) is 3.00. The average molecular weight is 450 g/mol. The van der Waals surface area contributed by atoms with Crippen LogP contribution in [0, 0.1) is 0 Å². The summed E-state index contributed by atoms with van der Waals surface area (Å²) in [5.74, 6) is 0.465. The summed E-state index contributed by atoms with van der Waals surface area (Å²) in [6, 6.07) is 9.36. The number of rotatable bonds is 6. The zero-order valence-corrected chi connectivity index (χ0v) is 18.4. The van der Waals surface area contributed by atoms with Crippen molar-refractivity contribution < 1.29 is 14.3 Å². The summed E-state index contributed by atoms with van der Waals surface area (Å²) in [6.45, 7) is 0.400. The van der Waals surface area contributed by atoms with Crippen LogP contribution in [0.2, 0.25) is 0 Å². The second-order valence-corrected chi connectivity index (χ2v) is 8.04. The fourth-order valence-electron chi connectivity index (χ4n) is 4.05. The molecule has 0 atom stereocenters. The molecule has 1 aliphatic rings. The van der Waals surface area contributed by atoms with E-state index in [2.05, 4.69) is 20.4 Å². The first-order valence-electron chi connectivity index (χ1n) is 10.9. The van der Waals surface area contributed by atoms with E-state index in [1.54, 1.807) is 28.2 Å². The number of carbonyl (C=O) groups excluding carboxylic acids is 2. The number of nitrogens with one attached hydrogen (secondary N) is 1. The number of urea groups is 1. The van der Waals surface area contributed by atoms with Gasteiger partial charge in [-0.3, -0.25) is 14.6 Å². The van der Waals surface area contributed by atoms with Crippen molar-refractivity contribution in [1.29, 1.82) is 0 Å². The molecule has 2 heterocycles. The van der Waals surface area contributed by atoms with Crippen LogP contribution in [0.1, 0.15) is 31.2 Å². The quantitative estimate of drug-likeness (QED) is 0.595. The van der Waals surface area contributed by atoms with Crippen LogP contribution in [0.5, 0.6) is 0 Å². The van der Waals surface area contributed by atoms with Crippen molar-refractivity contribution in [1.82, 2.24) is 25.1 Å². The average Bonchev–Trinajstić information content (AvgIpc) is 3.26. The summed E-state index contributed by atoms with van der Waals surface area (Å²) in [5, 5.41) is 7.15. The van der Waals surface area contributed by atoms with Crippen LogP contribution in [0.25, 0.3) is 11.3 Å². The molecule has 0 radical (unpaired) electrons. The maximum Gasteiger partial charge on any atom is 0.404 e. The third-order valence-corrected chi connectivity index (χ3v) is 5.68. The Hall–Kier alpha value is -3.95. The van der Waals surface area contributed by atoms with Crippen LogP contribution in [-0.4, -0.2) is 44.0 Å². The van der Waals surface area contributed by atoms with E-state index in [0.29, 0.717) is 43.7 Å². The molecule has 0 bridgehead atoms. The lowest BCUT2D eigenvalue weighted by Gasteiger charge is -2.35. The molecular weight excluding hydrogens is 422 g/mol. The number of carbonyl (C=O) groups is 2. The number of hydrogen-bond acceptors (Lipinski definition) is 6. The van der Waals surface area contributed by atoms with Gasteiger partial charge in [0, 0.05) is 31.4 Å². The zero-order chi connectivity index (χ0) is 23.2. The van der Waals surface area contributed by atoms with E-state index in [9.17, 15) is 9.59 Å². The summed E-state index contributed by atoms with van der Waals surface area (Å²) >= 11 is 0. The van der Waals surface area contributed by atoms with Crippen molar-refractivity contribution in [3.63, 3.8) is 0 Å². The molecule has 3 N–H and O–H groups in total. The topological polar surface area (TPSA) is 128 Å². The standard InChI is InChI=1S/C23H27N7O3/c1-29-15-17(12-28-29)20-13-26-21(14-25-20)30(18-7-9-19(10-8-18)33-22(24)31)23(32)27-11-16-5-3-2-4-6-16/h2-6,12-15,18-19H,7-11H2,1H3,(H2,24,31)(H,27,32). The van der Waals surface area contributed by atoms with Gasteiger partial charge in [0.15, 0.2) is 5.82 Å². The molecule has 1 fully saturated rings. The Labute approximate surface area is 191 Å². The number of nitrogens with two attached hydrogens (primary N) is 1. The van der Waals surface area contributed by atoms with Gasteiger partial charge < -0.3 is 15.8 Å². The largest absolute Gasteiger partial charge is 0.446 e. The second kappa shape index (κ2) is 10.1. The van der Waals surface area contributed by atoms with Gasteiger partial charge in [-0.1, -0.05) is 30.3 Å². The van der Waals surface area contributed by atoms with Crippen molar-refractivity contribution in [2.24, 2.45) is 12.8 Å². The number of benzene rings is 1. The van der Waals surface area contributed by atoms with Crippen molar-refractivity contribution >= 4 is 17.9 Å². The minimum atomic E-state index is -0.771. The first kappa shape index (κ1) is 22.3. The van der Waals surface area contributed by atoms with Gasteiger partial charge in [0.2, 0.25) is 0 Å². The lowest BCUT2D eigenvalue weighted by Crippen LogP contribution is -2.48. The second-order valence-electron chi connectivity index (χ2n) is 8.04. The molecule has 3 aromatic rings. The van der Waals surface area contributed by atoms with Crippen molar-refractivity contribution in [3.05, 3.63) is 60.7 Å². The summed E-state index contributed by atoms with van der Waals surface area (Å²) in [7, 11) is 1.84. The monoisotopic (exact) mass is 449 g/mol. The number of nitrogens with zero attached hydrogens (tertiary/aromatic N) is 5. The summed E-state index contributed by atoms with van der Waals surface area (Å²) in [5.41, 5.74) is 7.68. The molecule has 0 unspecified atom stereocenters. The minimum absolute atomic E-state index is 0.105. The number of aromatic nitrogens is 4. The Morgan fingerprint density at radius 2 is 1.88 bits per heavy atom. The van der Waals surface area contributed by atoms with E-state index in [1.807, 2.05) is 43.6 Å². The lowest BCUT2D eigenvalue weighted by molar-refractivity contribution is 0.0786. The van der Waals surface area contributed by atoms with Gasteiger partial charge in [-0.05, 0) is 31.2 Å². The fourth-order valence-corrected chi connectivity index (χ4v) is 4.05. The van der Waals surface area contributed by atoms with Gasteiger partial charge in [0.1, 0.15) is 6.10 Å². The van der Waals surface area contributed by atoms with Gasteiger partial charge >= 0.3 is 12.1 Å². The molecule has 172 valence electrons.